The van der Waals surface area contributed by atoms with E-state index in [1.165, 1.54) is 16.6 Å². The third kappa shape index (κ3) is 2.58. The summed E-state index contributed by atoms with van der Waals surface area (Å²) in [5.41, 5.74) is 5.62. The minimum atomic E-state index is 0.661. The SMILES string of the molecule is c1ccc2c(N3CCOc4ccc(-c5cn[nH]c5)cc4C3)ccnc2c1. The maximum atomic E-state index is 6.00. The number of anilines is 1. The summed E-state index contributed by atoms with van der Waals surface area (Å²) >= 11 is 0. The quantitative estimate of drug-likeness (QED) is 0.598. The largest absolute Gasteiger partial charge is 0.491 e. The Labute approximate surface area is 151 Å². The molecule has 0 bridgehead atoms. The first-order valence-corrected chi connectivity index (χ1v) is 8.72. The number of hydrogen-bond donors (Lipinski definition) is 1. The Kier molecular flexibility index (Phi) is 3.56. The Morgan fingerprint density at radius 3 is 2.92 bits per heavy atom. The van der Waals surface area contributed by atoms with E-state index < -0.39 is 0 Å². The zero-order valence-electron chi connectivity index (χ0n) is 14.2. The molecular formula is C21H18N4O. The van der Waals surface area contributed by atoms with Crippen LogP contribution < -0.4 is 9.64 Å². The zero-order valence-corrected chi connectivity index (χ0v) is 14.2. The molecule has 0 spiro atoms. The zero-order chi connectivity index (χ0) is 17.3. The van der Waals surface area contributed by atoms with Gasteiger partial charge in [0.05, 0.1) is 18.3 Å². The number of rotatable bonds is 2. The van der Waals surface area contributed by atoms with Crippen LogP contribution in [-0.4, -0.2) is 28.3 Å². The number of pyridine rings is 1. The molecule has 0 amide bonds. The molecule has 3 heterocycles. The average molecular weight is 342 g/mol. The maximum absolute atomic E-state index is 6.00. The average Bonchev–Trinajstić information content (AvgIpc) is 3.14. The predicted molar refractivity (Wildman–Crippen MR) is 102 cm³/mol. The molecule has 0 fully saturated rings. The molecule has 2 aromatic carbocycles. The van der Waals surface area contributed by atoms with Crippen LogP contribution >= 0.6 is 0 Å². The highest BCUT2D eigenvalue weighted by Crippen LogP contribution is 2.32. The summed E-state index contributed by atoms with van der Waals surface area (Å²) in [5, 5.41) is 8.10. The summed E-state index contributed by atoms with van der Waals surface area (Å²) in [6.07, 6.45) is 5.63. The van der Waals surface area contributed by atoms with Crippen molar-refractivity contribution in [1.29, 1.82) is 0 Å². The number of ether oxygens (including phenoxy) is 1. The van der Waals surface area contributed by atoms with E-state index in [0.29, 0.717) is 6.61 Å². The second-order valence-corrected chi connectivity index (χ2v) is 6.43. The molecule has 0 atom stereocenters. The molecule has 1 aliphatic rings. The fourth-order valence-corrected chi connectivity index (χ4v) is 3.54. The summed E-state index contributed by atoms with van der Waals surface area (Å²) in [5.74, 6) is 0.957. The first-order valence-electron chi connectivity index (χ1n) is 8.72. The molecule has 0 aliphatic carbocycles. The van der Waals surface area contributed by atoms with Gasteiger partial charge < -0.3 is 9.64 Å². The Morgan fingerprint density at radius 1 is 1.04 bits per heavy atom. The summed E-state index contributed by atoms with van der Waals surface area (Å²) < 4.78 is 6.00. The first kappa shape index (κ1) is 15.0. The van der Waals surface area contributed by atoms with Crippen LogP contribution in [0, 0.1) is 0 Å². The van der Waals surface area contributed by atoms with E-state index in [1.54, 1.807) is 0 Å². The van der Waals surface area contributed by atoms with Gasteiger partial charge in [-0.15, -0.1) is 0 Å². The number of aromatic amines is 1. The van der Waals surface area contributed by atoms with Gasteiger partial charge in [-0.2, -0.15) is 5.10 Å². The molecule has 128 valence electrons. The first-order chi connectivity index (χ1) is 12.9. The minimum Gasteiger partial charge on any atom is -0.491 e. The molecule has 0 radical (unpaired) electrons. The van der Waals surface area contributed by atoms with Crippen molar-refractivity contribution in [3.05, 3.63) is 72.7 Å². The lowest BCUT2D eigenvalue weighted by atomic mass is 10.0. The Hall–Kier alpha value is -3.34. The molecule has 2 aromatic heterocycles. The number of aromatic nitrogens is 3. The van der Waals surface area contributed by atoms with Crippen LogP contribution in [-0.2, 0) is 6.54 Å². The molecule has 5 nitrogen and oxygen atoms in total. The third-order valence-electron chi connectivity index (χ3n) is 4.84. The van der Waals surface area contributed by atoms with E-state index in [9.17, 15) is 0 Å². The lowest BCUT2D eigenvalue weighted by Gasteiger charge is -2.23. The van der Waals surface area contributed by atoms with Gasteiger partial charge in [-0.3, -0.25) is 10.1 Å². The Balaban J connectivity index is 1.56. The molecule has 1 N–H and O–H groups in total. The van der Waals surface area contributed by atoms with Gasteiger partial charge in [0.25, 0.3) is 0 Å². The van der Waals surface area contributed by atoms with Crippen LogP contribution in [0.1, 0.15) is 5.56 Å². The number of hydrogen-bond acceptors (Lipinski definition) is 4. The van der Waals surface area contributed by atoms with Gasteiger partial charge >= 0.3 is 0 Å². The molecule has 0 saturated carbocycles. The van der Waals surface area contributed by atoms with E-state index >= 15 is 0 Å². The van der Waals surface area contributed by atoms with Gasteiger partial charge in [0.2, 0.25) is 0 Å². The van der Waals surface area contributed by atoms with Crippen molar-refractivity contribution in [2.24, 2.45) is 0 Å². The summed E-state index contributed by atoms with van der Waals surface area (Å²) in [6.45, 7) is 2.30. The lowest BCUT2D eigenvalue weighted by Crippen LogP contribution is -2.25. The molecule has 4 aromatic rings. The van der Waals surface area contributed by atoms with Crippen molar-refractivity contribution < 1.29 is 4.74 Å². The monoisotopic (exact) mass is 342 g/mol. The van der Waals surface area contributed by atoms with Gasteiger partial charge in [-0.05, 0) is 29.8 Å². The topological polar surface area (TPSA) is 54.0 Å². The summed E-state index contributed by atoms with van der Waals surface area (Å²) in [4.78, 5) is 6.85. The van der Waals surface area contributed by atoms with Crippen molar-refractivity contribution in [1.82, 2.24) is 15.2 Å². The number of H-pyrrole nitrogens is 1. The van der Waals surface area contributed by atoms with Crippen LogP contribution in [0.15, 0.2) is 67.1 Å². The highest BCUT2D eigenvalue weighted by Gasteiger charge is 2.18. The van der Waals surface area contributed by atoms with Gasteiger partial charge in [0.1, 0.15) is 12.4 Å². The molecule has 0 saturated heterocycles. The van der Waals surface area contributed by atoms with Crippen LogP contribution in [0.3, 0.4) is 0 Å². The van der Waals surface area contributed by atoms with Crippen LogP contribution in [0.2, 0.25) is 0 Å². The maximum Gasteiger partial charge on any atom is 0.124 e. The summed E-state index contributed by atoms with van der Waals surface area (Å²) in [7, 11) is 0. The second kappa shape index (κ2) is 6.19. The smallest absolute Gasteiger partial charge is 0.124 e. The van der Waals surface area contributed by atoms with E-state index in [4.69, 9.17) is 4.74 Å². The van der Waals surface area contributed by atoms with Crippen LogP contribution in [0.5, 0.6) is 5.75 Å². The lowest BCUT2D eigenvalue weighted by molar-refractivity contribution is 0.332. The fourth-order valence-electron chi connectivity index (χ4n) is 3.54. The van der Waals surface area contributed by atoms with E-state index in [-0.39, 0.29) is 0 Å². The number of benzene rings is 2. The van der Waals surface area contributed by atoms with Crippen molar-refractivity contribution >= 4 is 16.6 Å². The molecule has 5 rings (SSSR count). The van der Waals surface area contributed by atoms with E-state index in [1.807, 2.05) is 24.7 Å². The van der Waals surface area contributed by atoms with Crippen LogP contribution in [0.25, 0.3) is 22.0 Å². The van der Waals surface area contributed by atoms with Crippen molar-refractivity contribution in [2.45, 2.75) is 6.54 Å². The minimum absolute atomic E-state index is 0.661. The number of para-hydroxylation sites is 1. The second-order valence-electron chi connectivity index (χ2n) is 6.43. The fraction of sp³-hybridized carbons (Fsp3) is 0.143. The van der Waals surface area contributed by atoms with Gasteiger partial charge in [0, 0.05) is 41.1 Å². The van der Waals surface area contributed by atoms with E-state index in [0.717, 1.165) is 35.5 Å². The normalized spacial score (nSPS) is 13.9. The molecular weight excluding hydrogens is 324 g/mol. The van der Waals surface area contributed by atoms with Crippen molar-refractivity contribution in [2.75, 3.05) is 18.1 Å². The summed E-state index contributed by atoms with van der Waals surface area (Å²) in [6, 6.07) is 16.7. The molecule has 26 heavy (non-hydrogen) atoms. The predicted octanol–water partition coefficient (Wildman–Crippen LogP) is 4.02. The highest BCUT2D eigenvalue weighted by atomic mass is 16.5. The van der Waals surface area contributed by atoms with Crippen LogP contribution in [0.4, 0.5) is 5.69 Å². The third-order valence-corrected chi connectivity index (χ3v) is 4.84. The number of fused-ring (bicyclic) bond motifs is 2. The van der Waals surface area contributed by atoms with Gasteiger partial charge in [0.15, 0.2) is 0 Å². The molecule has 0 unspecified atom stereocenters. The highest BCUT2D eigenvalue weighted by molar-refractivity contribution is 5.91. The number of nitrogens with one attached hydrogen (secondary N) is 1. The Bertz CT molecular complexity index is 1050. The molecule has 5 heteroatoms. The standard InChI is InChI=1S/C21H18N4O/c1-2-4-19-18(3-1)20(7-8-22-19)25-9-10-26-21-6-5-15(11-16(21)14-25)17-12-23-24-13-17/h1-8,11-13H,9-10,14H2,(H,23,24). The van der Waals surface area contributed by atoms with E-state index in [2.05, 4.69) is 62.5 Å². The van der Waals surface area contributed by atoms with Crippen molar-refractivity contribution in [3.8, 4) is 16.9 Å². The van der Waals surface area contributed by atoms with Crippen molar-refractivity contribution in [3.63, 3.8) is 0 Å². The van der Waals surface area contributed by atoms with Gasteiger partial charge in [-0.1, -0.05) is 24.3 Å². The number of nitrogens with zero attached hydrogens (tertiary/aromatic N) is 3. The molecule has 1 aliphatic heterocycles. The van der Waals surface area contributed by atoms with Gasteiger partial charge in [-0.25, -0.2) is 0 Å². The Morgan fingerprint density at radius 2 is 2.00 bits per heavy atom.